The van der Waals surface area contributed by atoms with Crippen LogP contribution in [-0.4, -0.2) is 21.7 Å². The first kappa shape index (κ1) is 7.96. The standard InChI is InChI=1S/C3H4N2O2S3/c6-3(7)2-5-4-1-10(2,8)9/h1,8-9H,(H,6,7). The van der Waals surface area contributed by atoms with E-state index in [9.17, 15) is 4.79 Å². The number of thiol groups is 2. The Labute approximate surface area is 68.3 Å². The Morgan fingerprint density at radius 2 is 2.30 bits per heavy atom. The maximum atomic E-state index is 10.3. The summed E-state index contributed by atoms with van der Waals surface area (Å²) in [5, 5.41) is 15.1. The Hall–Kier alpha value is -0.140. The minimum atomic E-state index is -1.94. The summed E-state index contributed by atoms with van der Waals surface area (Å²) in [5.74, 6) is -1.11. The summed E-state index contributed by atoms with van der Waals surface area (Å²) in [6.45, 7) is 0. The predicted molar refractivity (Wildman–Crippen MR) is 49.1 cm³/mol. The number of carboxylic acid groups (broad SMARTS) is 1. The maximum Gasteiger partial charge on any atom is 0.363 e. The van der Waals surface area contributed by atoms with Crippen LogP contribution in [0.25, 0.3) is 0 Å². The summed E-state index contributed by atoms with van der Waals surface area (Å²) in [6.07, 6.45) is 0. The molecule has 1 aliphatic rings. The van der Waals surface area contributed by atoms with Gasteiger partial charge in [-0.2, -0.15) is 5.10 Å². The first-order valence-electron chi connectivity index (χ1n) is 2.16. The zero-order valence-corrected chi connectivity index (χ0v) is 7.24. The quantitative estimate of drug-likeness (QED) is 0.431. The van der Waals surface area contributed by atoms with Crippen LogP contribution < -0.4 is 0 Å². The van der Waals surface area contributed by atoms with Crippen molar-refractivity contribution in [2.75, 3.05) is 0 Å². The van der Waals surface area contributed by atoms with Gasteiger partial charge in [-0.25, -0.2) is 4.79 Å². The molecule has 10 heavy (non-hydrogen) atoms. The van der Waals surface area contributed by atoms with Gasteiger partial charge in [0.2, 0.25) is 5.04 Å². The van der Waals surface area contributed by atoms with Crippen LogP contribution >= 0.6 is 31.4 Å². The Balaban J connectivity index is 2.93. The number of carbonyl (C=O) groups is 1. The van der Waals surface area contributed by atoms with Gasteiger partial charge in [0.25, 0.3) is 0 Å². The molecule has 0 fully saturated rings. The summed E-state index contributed by atoms with van der Waals surface area (Å²) in [4.78, 5) is 10.3. The fourth-order valence-electron chi connectivity index (χ4n) is 0.423. The highest BCUT2D eigenvalue weighted by atomic mass is 33.5. The molecule has 0 atom stereocenters. The lowest BCUT2D eigenvalue weighted by atomic mass is 10.8. The van der Waals surface area contributed by atoms with Crippen molar-refractivity contribution in [3.8, 4) is 0 Å². The highest BCUT2D eigenvalue weighted by Gasteiger charge is 2.30. The van der Waals surface area contributed by atoms with Crippen molar-refractivity contribution in [1.82, 2.24) is 0 Å². The molecule has 0 spiro atoms. The molecule has 0 saturated carbocycles. The molecule has 7 heteroatoms. The Bertz CT molecular complexity index is 234. The number of carboxylic acids is 1. The third kappa shape index (κ3) is 1.30. The second kappa shape index (κ2) is 2.48. The second-order valence-electron chi connectivity index (χ2n) is 1.52. The average molecular weight is 196 g/mol. The second-order valence-corrected chi connectivity index (χ2v) is 7.63. The van der Waals surface area contributed by atoms with Gasteiger partial charge in [0.05, 0.1) is 5.55 Å². The summed E-state index contributed by atoms with van der Waals surface area (Å²) in [5.41, 5.74) is 1.34. The molecule has 1 N–H and O–H groups in total. The van der Waals surface area contributed by atoms with Crippen molar-refractivity contribution in [2.24, 2.45) is 10.2 Å². The third-order valence-corrected chi connectivity index (χ3v) is 3.63. The van der Waals surface area contributed by atoms with Gasteiger partial charge in [0, 0.05) is 0 Å². The van der Waals surface area contributed by atoms with Crippen LogP contribution in [0, 0.1) is 0 Å². The molecule has 0 radical (unpaired) electrons. The van der Waals surface area contributed by atoms with Gasteiger partial charge in [-0.3, -0.25) is 0 Å². The van der Waals surface area contributed by atoms with Crippen LogP contribution in [0.2, 0.25) is 0 Å². The predicted octanol–water partition coefficient (Wildman–Crippen LogP) is 0.921. The molecule has 0 bridgehead atoms. The van der Waals surface area contributed by atoms with Crippen LogP contribution in [0.15, 0.2) is 10.2 Å². The van der Waals surface area contributed by atoms with E-state index in [1.54, 1.807) is 0 Å². The van der Waals surface area contributed by atoms with E-state index in [0.717, 1.165) is 0 Å². The molecule has 4 nitrogen and oxygen atoms in total. The summed E-state index contributed by atoms with van der Waals surface area (Å²) in [7, 11) is -1.94. The van der Waals surface area contributed by atoms with E-state index in [0.29, 0.717) is 0 Å². The maximum absolute atomic E-state index is 10.3. The Kier molecular flexibility index (Phi) is 1.97. The zero-order chi connectivity index (χ0) is 7.78. The molecule has 1 heterocycles. The van der Waals surface area contributed by atoms with Gasteiger partial charge in [0.15, 0.2) is 0 Å². The Morgan fingerprint density at radius 1 is 1.70 bits per heavy atom. The average Bonchev–Trinajstić information content (AvgIpc) is 2.08. The molecular weight excluding hydrogens is 192 g/mol. The minimum absolute atomic E-state index is 0.0841. The van der Waals surface area contributed by atoms with E-state index in [2.05, 4.69) is 33.5 Å². The topological polar surface area (TPSA) is 62.0 Å². The lowest BCUT2D eigenvalue weighted by Gasteiger charge is -2.15. The first-order valence-corrected chi connectivity index (χ1v) is 5.97. The lowest BCUT2D eigenvalue weighted by molar-refractivity contribution is -0.129. The van der Waals surface area contributed by atoms with Crippen molar-refractivity contribution >= 4 is 48.0 Å². The van der Waals surface area contributed by atoms with Crippen LogP contribution in [0.5, 0.6) is 0 Å². The van der Waals surface area contributed by atoms with E-state index in [1.807, 2.05) is 0 Å². The lowest BCUT2D eigenvalue weighted by Crippen LogP contribution is -2.12. The largest absolute Gasteiger partial charge is 0.476 e. The van der Waals surface area contributed by atoms with Gasteiger partial charge in [-0.15, -0.1) is 28.4 Å². The smallest absolute Gasteiger partial charge is 0.363 e. The summed E-state index contributed by atoms with van der Waals surface area (Å²) < 4.78 is 0. The van der Waals surface area contributed by atoms with Gasteiger partial charge in [0.1, 0.15) is 0 Å². The first-order chi connectivity index (χ1) is 4.54. The fraction of sp³-hybridized carbons (Fsp3) is 0. The molecule has 56 valence electrons. The number of hydrogen-bond donors (Lipinski definition) is 3. The molecule has 1 aliphatic heterocycles. The van der Waals surface area contributed by atoms with E-state index < -0.39 is 14.1 Å². The van der Waals surface area contributed by atoms with Crippen molar-refractivity contribution < 1.29 is 9.90 Å². The minimum Gasteiger partial charge on any atom is -0.476 e. The molecular formula is C3H4N2O2S3. The highest BCUT2D eigenvalue weighted by molar-refractivity contribution is 9.27. The van der Waals surface area contributed by atoms with Gasteiger partial charge in [-0.05, 0) is 0 Å². The molecule has 0 amide bonds. The van der Waals surface area contributed by atoms with E-state index in [4.69, 9.17) is 5.11 Å². The Morgan fingerprint density at radius 3 is 2.50 bits per heavy atom. The van der Waals surface area contributed by atoms with Crippen molar-refractivity contribution in [1.29, 1.82) is 0 Å². The SMILES string of the molecule is O=C(O)C1=NN=CS1(S)S. The molecule has 0 aromatic carbocycles. The van der Waals surface area contributed by atoms with Crippen LogP contribution in [0.1, 0.15) is 0 Å². The number of nitrogens with zero attached hydrogens (tertiary/aromatic N) is 2. The van der Waals surface area contributed by atoms with E-state index in [1.165, 1.54) is 5.55 Å². The number of rotatable bonds is 1. The molecule has 1 rings (SSSR count). The third-order valence-electron chi connectivity index (χ3n) is 0.810. The van der Waals surface area contributed by atoms with Gasteiger partial charge >= 0.3 is 5.97 Å². The van der Waals surface area contributed by atoms with Crippen molar-refractivity contribution in [3.63, 3.8) is 0 Å². The number of aliphatic carboxylic acids is 1. The van der Waals surface area contributed by atoms with Gasteiger partial charge < -0.3 is 5.11 Å². The normalized spacial score (nSPS) is 24.0. The van der Waals surface area contributed by atoms with Crippen molar-refractivity contribution in [2.45, 2.75) is 0 Å². The van der Waals surface area contributed by atoms with E-state index in [-0.39, 0.29) is 5.04 Å². The fourth-order valence-corrected chi connectivity index (χ4v) is 2.07. The van der Waals surface area contributed by atoms with E-state index >= 15 is 0 Å². The van der Waals surface area contributed by atoms with Crippen LogP contribution in [0.4, 0.5) is 0 Å². The number of hydrogen-bond acceptors (Lipinski definition) is 5. The summed E-state index contributed by atoms with van der Waals surface area (Å²) in [6, 6.07) is 0. The zero-order valence-electron chi connectivity index (χ0n) is 4.63. The summed E-state index contributed by atoms with van der Waals surface area (Å²) >= 11 is 7.94. The molecule has 0 aromatic heterocycles. The monoisotopic (exact) mass is 196 g/mol. The van der Waals surface area contributed by atoms with Gasteiger partial charge in [-0.1, -0.05) is 8.09 Å². The van der Waals surface area contributed by atoms with Crippen LogP contribution in [-0.2, 0) is 4.79 Å². The molecule has 0 aliphatic carbocycles. The molecule has 0 unspecified atom stereocenters. The van der Waals surface area contributed by atoms with Crippen LogP contribution in [0.3, 0.4) is 0 Å². The van der Waals surface area contributed by atoms with Crippen molar-refractivity contribution in [3.05, 3.63) is 0 Å². The molecule has 0 saturated heterocycles. The molecule has 0 aromatic rings. The highest BCUT2D eigenvalue weighted by Crippen LogP contribution is 2.58.